The maximum Gasteiger partial charge on any atom is 0.252 e. The van der Waals surface area contributed by atoms with Crippen LogP contribution in [0.2, 0.25) is 0 Å². The first-order valence-electron chi connectivity index (χ1n) is 9.10. The number of fused-ring (bicyclic) bond motifs is 1. The van der Waals surface area contributed by atoms with E-state index in [1.54, 1.807) is 15.6 Å². The van der Waals surface area contributed by atoms with Crippen LogP contribution in [-0.4, -0.2) is 30.5 Å². The van der Waals surface area contributed by atoms with Crippen LogP contribution in [0.25, 0.3) is 22.2 Å². The van der Waals surface area contributed by atoms with E-state index in [1.165, 1.54) is 0 Å². The summed E-state index contributed by atoms with van der Waals surface area (Å²) in [6.45, 7) is 4.35. The molecule has 1 amide bonds. The second-order valence-electron chi connectivity index (χ2n) is 6.94. The van der Waals surface area contributed by atoms with Crippen LogP contribution in [0.15, 0.2) is 42.7 Å². The van der Waals surface area contributed by atoms with Gasteiger partial charge in [-0.2, -0.15) is 10.2 Å². The van der Waals surface area contributed by atoms with Gasteiger partial charge in [0.05, 0.1) is 28.7 Å². The van der Waals surface area contributed by atoms with Gasteiger partial charge >= 0.3 is 0 Å². The first-order chi connectivity index (χ1) is 13.4. The highest BCUT2D eigenvalue weighted by Crippen LogP contribution is 2.26. The summed E-state index contributed by atoms with van der Waals surface area (Å²) in [5, 5.41) is 12.5. The van der Waals surface area contributed by atoms with E-state index in [0.717, 1.165) is 39.1 Å². The zero-order chi connectivity index (χ0) is 19.8. The van der Waals surface area contributed by atoms with Gasteiger partial charge in [0.25, 0.3) is 5.91 Å². The number of aromatic nitrogens is 5. The predicted octanol–water partition coefficient (Wildman–Crippen LogP) is 2.92. The lowest BCUT2D eigenvalue weighted by Crippen LogP contribution is -2.23. The maximum absolute atomic E-state index is 13.0. The van der Waals surface area contributed by atoms with Crippen molar-refractivity contribution in [3.63, 3.8) is 0 Å². The van der Waals surface area contributed by atoms with Gasteiger partial charge in [0, 0.05) is 49.0 Å². The number of nitrogens with zero attached hydrogens (tertiary/aromatic N) is 5. The van der Waals surface area contributed by atoms with Crippen molar-refractivity contribution in [2.75, 3.05) is 0 Å². The van der Waals surface area contributed by atoms with Crippen molar-refractivity contribution in [1.82, 2.24) is 29.9 Å². The fraction of sp³-hybridized carbons (Fsp3) is 0.238. The SMILES string of the molecule is Cc1nn(C)cc1CNC(=O)c1cc(-c2cnn(C)c2C)nc2ccccc12. The van der Waals surface area contributed by atoms with E-state index in [4.69, 9.17) is 4.98 Å². The lowest BCUT2D eigenvalue weighted by Gasteiger charge is -2.10. The van der Waals surface area contributed by atoms with Gasteiger partial charge in [0.2, 0.25) is 0 Å². The average Bonchev–Trinajstić information content (AvgIpc) is 3.19. The fourth-order valence-corrected chi connectivity index (χ4v) is 3.34. The minimum absolute atomic E-state index is 0.135. The number of carbonyl (C=O) groups excluding carboxylic acids is 1. The van der Waals surface area contributed by atoms with Gasteiger partial charge in [0.1, 0.15) is 0 Å². The van der Waals surface area contributed by atoms with Gasteiger partial charge in [0.15, 0.2) is 0 Å². The van der Waals surface area contributed by atoms with Crippen molar-refractivity contribution >= 4 is 16.8 Å². The number of hydrogen-bond donors (Lipinski definition) is 1. The van der Waals surface area contributed by atoms with Crippen molar-refractivity contribution in [2.45, 2.75) is 20.4 Å². The summed E-state index contributed by atoms with van der Waals surface area (Å²) in [5.74, 6) is -0.135. The molecule has 0 unspecified atom stereocenters. The molecule has 0 aliphatic heterocycles. The van der Waals surface area contributed by atoms with Crippen LogP contribution in [0.1, 0.15) is 27.3 Å². The molecule has 28 heavy (non-hydrogen) atoms. The van der Waals surface area contributed by atoms with E-state index in [0.29, 0.717) is 12.1 Å². The second-order valence-corrected chi connectivity index (χ2v) is 6.94. The number of hydrogen-bond acceptors (Lipinski definition) is 4. The first-order valence-corrected chi connectivity index (χ1v) is 9.10. The Kier molecular flexibility index (Phi) is 4.43. The molecule has 7 nitrogen and oxygen atoms in total. The Labute approximate surface area is 163 Å². The summed E-state index contributed by atoms with van der Waals surface area (Å²) >= 11 is 0. The Hall–Kier alpha value is -3.48. The van der Waals surface area contributed by atoms with E-state index >= 15 is 0 Å². The van der Waals surface area contributed by atoms with Crippen molar-refractivity contribution in [1.29, 1.82) is 0 Å². The minimum atomic E-state index is -0.135. The molecule has 4 aromatic rings. The zero-order valence-electron chi connectivity index (χ0n) is 16.4. The molecule has 3 heterocycles. The molecule has 0 radical (unpaired) electrons. The number of aryl methyl sites for hydroxylation is 3. The standard InChI is InChI=1S/C21H22N6O/c1-13-15(12-26(3)25-13)10-22-21(28)17-9-20(18-11-23-27(4)14(18)2)24-19-8-6-5-7-16(17)19/h5-9,11-12H,10H2,1-4H3,(H,22,28). The molecule has 4 rings (SSSR count). The predicted molar refractivity (Wildman–Crippen MR) is 108 cm³/mol. The topological polar surface area (TPSA) is 77.6 Å². The summed E-state index contributed by atoms with van der Waals surface area (Å²) in [6.07, 6.45) is 3.71. The quantitative estimate of drug-likeness (QED) is 0.596. The van der Waals surface area contributed by atoms with Gasteiger partial charge in [-0.25, -0.2) is 4.98 Å². The normalized spacial score (nSPS) is 11.1. The number of carbonyl (C=O) groups is 1. The maximum atomic E-state index is 13.0. The highest BCUT2D eigenvalue weighted by molar-refractivity contribution is 6.07. The summed E-state index contributed by atoms with van der Waals surface area (Å²) in [5.41, 5.74) is 5.96. The molecule has 0 spiro atoms. The van der Waals surface area contributed by atoms with E-state index in [1.807, 2.05) is 64.5 Å². The number of nitrogens with one attached hydrogen (secondary N) is 1. The van der Waals surface area contributed by atoms with Gasteiger partial charge in [-0.15, -0.1) is 0 Å². The third kappa shape index (κ3) is 3.15. The molecule has 1 N–H and O–H groups in total. The number of para-hydroxylation sites is 1. The summed E-state index contributed by atoms with van der Waals surface area (Å²) in [4.78, 5) is 17.8. The Balaban J connectivity index is 1.73. The number of pyridine rings is 1. The molecule has 0 fully saturated rings. The Morgan fingerprint density at radius 1 is 1.18 bits per heavy atom. The number of benzene rings is 1. The van der Waals surface area contributed by atoms with E-state index in [9.17, 15) is 4.79 Å². The smallest absolute Gasteiger partial charge is 0.252 e. The van der Waals surface area contributed by atoms with Crippen LogP contribution in [0.4, 0.5) is 0 Å². The molecule has 7 heteroatoms. The summed E-state index contributed by atoms with van der Waals surface area (Å²) in [7, 11) is 3.76. The van der Waals surface area contributed by atoms with Crippen molar-refractivity contribution in [3.8, 4) is 11.3 Å². The first kappa shape index (κ1) is 17.9. The molecule has 142 valence electrons. The Bertz CT molecular complexity index is 1190. The monoisotopic (exact) mass is 374 g/mol. The lowest BCUT2D eigenvalue weighted by atomic mass is 10.0. The third-order valence-electron chi connectivity index (χ3n) is 5.03. The third-order valence-corrected chi connectivity index (χ3v) is 5.03. The molecule has 3 aromatic heterocycles. The van der Waals surface area contributed by atoms with Gasteiger partial charge in [-0.05, 0) is 26.0 Å². The molecular formula is C21H22N6O. The van der Waals surface area contributed by atoms with Gasteiger partial charge in [-0.3, -0.25) is 14.2 Å². The van der Waals surface area contributed by atoms with Crippen molar-refractivity contribution in [3.05, 3.63) is 65.2 Å². The number of amides is 1. The molecule has 0 saturated carbocycles. The summed E-state index contributed by atoms with van der Waals surface area (Å²) in [6, 6.07) is 9.54. The van der Waals surface area contributed by atoms with Gasteiger partial charge in [-0.1, -0.05) is 18.2 Å². The van der Waals surface area contributed by atoms with Crippen LogP contribution >= 0.6 is 0 Å². The molecule has 0 aliphatic rings. The van der Waals surface area contributed by atoms with Crippen LogP contribution in [0, 0.1) is 13.8 Å². The summed E-state index contributed by atoms with van der Waals surface area (Å²) < 4.78 is 3.55. The zero-order valence-corrected chi connectivity index (χ0v) is 16.4. The van der Waals surface area contributed by atoms with Crippen LogP contribution in [0.5, 0.6) is 0 Å². The van der Waals surface area contributed by atoms with E-state index in [-0.39, 0.29) is 5.91 Å². The molecule has 1 aromatic carbocycles. The van der Waals surface area contributed by atoms with E-state index in [2.05, 4.69) is 15.5 Å². The minimum Gasteiger partial charge on any atom is -0.348 e. The molecule has 0 bridgehead atoms. The molecule has 0 aliphatic carbocycles. The largest absolute Gasteiger partial charge is 0.348 e. The van der Waals surface area contributed by atoms with Crippen LogP contribution < -0.4 is 5.32 Å². The second kappa shape index (κ2) is 6.92. The average molecular weight is 374 g/mol. The highest BCUT2D eigenvalue weighted by Gasteiger charge is 2.16. The molecular weight excluding hydrogens is 352 g/mol. The fourth-order valence-electron chi connectivity index (χ4n) is 3.34. The number of rotatable bonds is 4. The Morgan fingerprint density at radius 3 is 2.64 bits per heavy atom. The lowest BCUT2D eigenvalue weighted by molar-refractivity contribution is 0.0952. The molecule has 0 atom stereocenters. The van der Waals surface area contributed by atoms with Gasteiger partial charge < -0.3 is 5.32 Å². The van der Waals surface area contributed by atoms with Crippen molar-refractivity contribution in [2.24, 2.45) is 14.1 Å². The van der Waals surface area contributed by atoms with Crippen molar-refractivity contribution < 1.29 is 4.79 Å². The van der Waals surface area contributed by atoms with Crippen LogP contribution in [0.3, 0.4) is 0 Å². The van der Waals surface area contributed by atoms with Crippen LogP contribution in [-0.2, 0) is 20.6 Å². The highest BCUT2D eigenvalue weighted by atomic mass is 16.1. The Morgan fingerprint density at radius 2 is 1.96 bits per heavy atom. The van der Waals surface area contributed by atoms with E-state index < -0.39 is 0 Å². The molecule has 0 saturated heterocycles.